The molecule has 6 nitrogen and oxygen atoms in total. The maximum Gasteiger partial charge on any atom is 0.343 e. The van der Waals surface area contributed by atoms with E-state index in [1.807, 2.05) is 6.07 Å². The highest BCUT2D eigenvalue weighted by Crippen LogP contribution is 2.15. The van der Waals surface area contributed by atoms with Crippen molar-refractivity contribution in [3.8, 4) is 5.75 Å². The number of sulfonamides is 1. The fourth-order valence-electron chi connectivity index (χ4n) is 2.20. The lowest BCUT2D eigenvalue weighted by atomic mass is 10.2. The van der Waals surface area contributed by atoms with E-state index in [0.717, 1.165) is 0 Å². The Balaban J connectivity index is 1.61. The summed E-state index contributed by atoms with van der Waals surface area (Å²) >= 11 is 5.75. The predicted octanol–water partition coefficient (Wildman–Crippen LogP) is 3.87. The molecule has 3 aromatic carbocycles. The average Bonchev–Trinajstić information content (AvgIpc) is 2.70. The van der Waals surface area contributed by atoms with Gasteiger partial charge in [-0.2, -0.15) is 13.5 Å². The number of ether oxygens (including phenoxy) is 1. The normalized spacial score (nSPS) is 11.3. The molecule has 0 bridgehead atoms. The molecule has 142 valence electrons. The van der Waals surface area contributed by atoms with Gasteiger partial charge < -0.3 is 4.74 Å². The standard InChI is InChI=1S/C20H15ClN2O4S/c21-17-8-12-19(13-9-17)28(25,26)23-22-14-15-6-10-18(11-7-15)27-20(24)16-4-2-1-3-5-16/h1-14,23H/b22-14-. The van der Waals surface area contributed by atoms with Crippen LogP contribution in [0, 0.1) is 0 Å². The van der Waals surface area contributed by atoms with Crippen LogP contribution in [0.4, 0.5) is 0 Å². The Morgan fingerprint density at radius 2 is 1.57 bits per heavy atom. The molecule has 1 N–H and O–H groups in total. The molecule has 3 aromatic rings. The van der Waals surface area contributed by atoms with Gasteiger partial charge in [0.15, 0.2) is 0 Å². The van der Waals surface area contributed by atoms with E-state index in [0.29, 0.717) is 21.9 Å². The van der Waals surface area contributed by atoms with Gasteiger partial charge in [-0.15, -0.1) is 0 Å². The van der Waals surface area contributed by atoms with Crippen molar-refractivity contribution in [1.29, 1.82) is 0 Å². The third-order valence-electron chi connectivity index (χ3n) is 3.61. The van der Waals surface area contributed by atoms with Crippen LogP contribution in [0.5, 0.6) is 5.75 Å². The minimum atomic E-state index is -3.78. The highest BCUT2D eigenvalue weighted by atomic mass is 35.5. The Morgan fingerprint density at radius 3 is 2.21 bits per heavy atom. The first kappa shape index (κ1) is 19.6. The van der Waals surface area contributed by atoms with E-state index in [9.17, 15) is 13.2 Å². The van der Waals surface area contributed by atoms with E-state index in [4.69, 9.17) is 16.3 Å². The topological polar surface area (TPSA) is 84.8 Å². The summed E-state index contributed by atoms with van der Waals surface area (Å²) in [5.74, 6) is -0.0921. The highest BCUT2D eigenvalue weighted by molar-refractivity contribution is 7.89. The second-order valence-corrected chi connectivity index (χ2v) is 7.73. The summed E-state index contributed by atoms with van der Waals surface area (Å²) in [6, 6.07) is 20.9. The molecule has 0 aromatic heterocycles. The summed E-state index contributed by atoms with van der Waals surface area (Å²) in [5, 5.41) is 4.19. The Kier molecular flexibility index (Phi) is 6.08. The van der Waals surface area contributed by atoms with Gasteiger partial charge in [0.2, 0.25) is 0 Å². The van der Waals surface area contributed by atoms with Crippen molar-refractivity contribution < 1.29 is 17.9 Å². The van der Waals surface area contributed by atoms with Crippen molar-refractivity contribution >= 4 is 33.8 Å². The van der Waals surface area contributed by atoms with Crippen LogP contribution in [0.3, 0.4) is 0 Å². The molecule has 0 radical (unpaired) electrons. The monoisotopic (exact) mass is 414 g/mol. The summed E-state index contributed by atoms with van der Waals surface area (Å²) in [5.41, 5.74) is 1.07. The SMILES string of the molecule is O=C(Oc1ccc(/C=N\NS(=O)(=O)c2ccc(Cl)cc2)cc1)c1ccccc1. The third-order valence-corrected chi connectivity index (χ3v) is 5.10. The summed E-state index contributed by atoms with van der Waals surface area (Å²) in [7, 11) is -3.78. The molecule has 0 aliphatic carbocycles. The van der Waals surface area contributed by atoms with Crippen molar-refractivity contribution in [3.05, 3.63) is 95.0 Å². The molecule has 0 aliphatic heterocycles. The van der Waals surface area contributed by atoms with Crippen LogP contribution in [0.15, 0.2) is 88.9 Å². The second-order valence-electron chi connectivity index (χ2n) is 5.63. The van der Waals surface area contributed by atoms with Gasteiger partial charge >= 0.3 is 5.97 Å². The Morgan fingerprint density at radius 1 is 0.929 bits per heavy atom. The number of benzene rings is 3. The average molecular weight is 415 g/mol. The zero-order chi connectivity index (χ0) is 20.0. The Hall–Kier alpha value is -3.16. The van der Waals surface area contributed by atoms with Crippen molar-refractivity contribution in [2.45, 2.75) is 4.90 Å². The molecule has 0 amide bonds. The summed E-state index contributed by atoms with van der Waals surface area (Å²) < 4.78 is 29.5. The Bertz CT molecular complexity index is 1080. The van der Waals surface area contributed by atoms with Crippen LogP contribution in [0.1, 0.15) is 15.9 Å². The van der Waals surface area contributed by atoms with E-state index in [2.05, 4.69) is 9.93 Å². The van der Waals surface area contributed by atoms with E-state index in [-0.39, 0.29) is 4.90 Å². The fraction of sp³-hybridized carbons (Fsp3) is 0. The number of hydrogen-bond acceptors (Lipinski definition) is 5. The van der Waals surface area contributed by atoms with Crippen LogP contribution in [-0.2, 0) is 10.0 Å². The molecule has 0 saturated heterocycles. The number of rotatable bonds is 6. The number of esters is 1. The van der Waals surface area contributed by atoms with Crippen molar-refractivity contribution in [3.63, 3.8) is 0 Å². The zero-order valence-electron chi connectivity index (χ0n) is 14.4. The van der Waals surface area contributed by atoms with Gasteiger partial charge in [0.25, 0.3) is 10.0 Å². The van der Waals surface area contributed by atoms with E-state index in [1.165, 1.54) is 30.5 Å². The lowest BCUT2D eigenvalue weighted by molar-refractivity contribution is 0.0734. The molecule has 0 heterocycles. The lowest BCUT2D eigenvalue weighted by Crippen LogP contribution is -2.18. The van der Waals surface area contributed by atoms with Gasteiger partial charge in [0, 0.05) is 5.02 Å². The van der Waals surface area contributed by atoms with Gasteiger partial charge in [-0.1, -0.05) is 29.8 Å². The van der Waals surface area contributed by atoms with E-state index < -0.39 is 16.0 Å². The first-order chi connectivity index (χ1) is 13.4. The van der Waals surface area contributed by atoms with Crippen LogP contribution >= 0.6 is 11.6 Å². The van der Waals surface area contributed by atoms with Gasteiger partial charge in [0.1, 0.15) is 5.75 Å². The number of hydrogen-bond donors (Lipinski definition) is 1. The molecule has 28 heavy (non-hydrogen) atoms. The quantitative estimate of drug-likeness (QED) is 0.287. The maximum absolute atomic E-state index is 12.1. The van der Waals surface area contributed by atoms with Crippen LogP contribution in [0.25, 0.3) is 0 Å². The minimum Gasteiger partial charge on any atom is -0.423 e. The van der Waals surface area contributed by atoms with Gasteiger partial charge in [-0.05, 0) is 66.2 Å². The molecule has 0 aliphatic rings. The first-order valence-electron chi connectivity index (χ1n) is 8.12. The molecule has 0 saturated carbocycles. The smallest absolute Gasteiger partial charge is 0.343 e. The predicted molar refractivity (Wildman–Crippen MR) is 107 cm³/mol. The van der Waals surface area contributed by atoms with Gasteiger partial charge in [0.05, 0.1) is 16.7 Å². The third kappa shape index (κ3) is 5.18. The highest BCUT2D eigenvalue weighted by Gasteiger charge is 2.12. The van der Waals surface area contributed by atoms with Crippen LogP contribution < -0.4 is 9.57 Å². The number of nitrogens with one attached hydrogen (secondary N) is 1. The summed E-state index contributed by atoms with van der Waals surface area (Å²) in [6.45, 7) is 0. The summed E-state index contributed by atoms with van der Waals surface area (Å²) in [6.07, 6.45) is 1.34. The molecule has 8 heteroatoms. The molecule has 0 fully saturated rings. The largest absolute Gasteiger partial charge is 0.423 e. The van der Waals surface area contributed by atoms with E-state index in [1.54, 1.807) is 48.5 Å². The van der Waals surface area contributed by atoms with Crippen LogP contribution in [0.2, 0.25) is 5.02 Å². The number of carbonyl (C=O) groups excluding carboxylic acids is 1. The molecular formula is C20H15ClN2O4S. The molecule has 0 atom stereocenters. The molecule has 0 unspecified atom stereocenters. The number of carbonyl (C=O) groups is 1. The van der Waals surface area contributed by atoms with Crippen LogP contribution in [-0.4, -0.2) is 20.6 Å². The molecular weight excluding hydrogens is 400 g/mol. The fourth-order valence-corrected chi connectivity index (χ4v) is 3.12. The number of hydrazone groups is 1. The molecule has 3 rings (SSSR count). The van der Waals surface area contributed by atoms with Crippen molar-refractivity contribution in [2.24, 2.45) is 5.10 Å². The number of halogens is 1. The number of nitrogens with zero attached hydrogens (tertiary/aromatic N) is 1. The van der Waals surface area contributed by atoms with Gasteiger partial charge in [-0.3, -0.25) is 0 Å². The first-order valence-corrected chi connectivity index (χ1v) is 9.98. The minimum absolute atomic E-state index is 0.0530. The van der Waals surface area contributed by atoms with Crippen molar-refractivity contribution in [2.75, 3.05) is 0 Å². The molecule has 0 spiro atoms. The second kappa shape index (κ2) is 8.69. The zero-order valence-corrected chi connectivity index (χ0v) is 16.0. The Labute approximate surface area is 167 Å². The van der Waals surface area contributed by atoms with Crippen molar-refractivity contribution in [1.82, 2.24) is 4.83 Å². The summed E-state index contributed by atoms with van der Waals surface area (Å²) in [4.78, 5) is 14.2. The van der Waals surface area contributed by atoms with Gasteiger partial charge in [-0.25, -0.2) is 9.63 Å². The lowest BCUT2D eigenvalue weighted by Gasteiger charge is -2.05. The maximum atomic E-state index is 12.1. The van der Waals surface area contributed by atoms with E-state index >= 15 is 0 Å².